The first-order valence-corrected chi connectivity index (χ1v) is 41.3. The van der Waals surface area contributed by atoms with Crippen LogP contribution in [0.15, 0.2) is 114 Å². The number of rotatable bonds is 40. The largest absolute Gasteiger partial charge is 0.508 e. The van der Waals surface area contributed by atoms with Gasteiger partial charge in [0.1, 0.15) is 72.8 Å². The van der Waals surface area contributed by atoms with Crippen molar-refractivity contribution in [3.05, 3.63) is 165 Å². The van der Waals surface area contributed by atoms with Gasteiger partial charge >= 0.3 is 18.0 Å². The number of aromatic hydroxyl groups is 1. The van der Waals surface area contributed by atoms with Crippen LogP contribution in [0, 0.1) is 11.6 Å². The minimum atomic E-state index is -1.73. The zero-order valence-corrected chi connectivity index (χ0v) is 69.2. The molecule has 1 saturated heterocycles. The first-order valence-electron chi connectivity index (χ1n) is 40.1. The number of para-hydroxylation sites is 1. The van der Waals surface area contributed by atoms with E-state index in [-0.39, 0.29) is 118 Å². The number of phenolic OH excluding ortho intramolecular Hbond substituents is 1. The van der Waals surface area contributed by atoms with Gasteiger partial charge in [-0.25, -0.2) is 18.6 Å². The number of benzene rings is 4. The number of halogens is 2. The molecule has 4 aromatic carbocycles. The van der Waals surface area contributed by atoms with Gasteiger partial charge in [0.25, 0.3) is 5.56 Å². The van der Waals surface area contributed by atoms with E-state index in [4.69, 9.17) is 20.9 Å². The number of hydrogen-bond acceptors (Lipinski definition) is 23. The van der Waals surface area contributed by atoms with E-state index in [2.05, 4.69) is 88.4 Å². The number of carbonyl (C=O) groups is 13. The molecule has 39 heteroatoms. The lowest BCUT2D eigenvalue weighted by atomic mass is 9.85. The van der Waals surface area contributed by atoms with Crippen molar-refractivity contribution in [3.63, 3.8) is 0 Å². The first-order chi connectivity index (χ1) is 58.4. The van der Waals surface area contributed by atoms with E-state index in [9.17, 15) is 81.3 Å². The van der Waals surface area contributed by atoms with Crippen molar-refractivity contribution in [2.24, 2.45) is 11.5 Å². The molecule has 6 heterocycles. The Balaban J connectivity index is 0.732. The van der Waals surface area contributed by atoms with Gasteiger partial charge in [0.05, 0.1) is 41.5 Å². The molecule has 3 aliphatic heterocycles. The molecule has 0 saturated carbocycles. The van der Waals surface area contributed by atoms with Crippen molar-refractivity contribution in [3.8, 4) is 17.1 Å². The predicted octanol–water partition coefficient (Wildman–Crippen LogP) is 0.580. The molecule has 0 aliphatic carbocycles. The molecule has 0 radical (unpaired) electrons. The Morgan fingerprint density at radius 3 is 1.86 bits per heavy atom. The van der Waals surface area contributed by atoms with Crippen LogP contribution in [0.2, 0.25) is 0 Å². The van der Waals surface area contributed by atoms with Crippen LogP contribution in [0.25, 0.3) is 33.2 Å². The maximum atomic E-state index is 15.1. The molecule has 3 aliphatic rings. The normalized spacial score (nSPS) is 16.5. The second kappa shape index (κ2) is 42.9. The molecule has 10 rings (SSSR count). The van der Waals surface area contributed by atoms with Crippen molar-refractivity contribution in [1.29, 1.82) is 0 Å². The van der Waals surface area contributed by atoms with Gasteiger partial charge in [-0.3, -0.25) is 67.2 Å². The number of aromatic nitrogens is 3. The Morgan fingerprint density at radius 1 is 0.664 bits per heavy atom. The summed E-state index contributed by atoms with van der Waals surface area (Å²) < 4.78 is 41.3. The van der Waals surface area contributed by atoms with E-state index in [0.29, 0.717) is 82.4 Å². The van der Waals surface area contributed by atoms with Crippen LogP contribution in [0.5, 0.6) is 5.75 Å². The lowest BCUT2D eigenvalue weighted by Gasteiger charge is -2.35. The highest BCUT2D eigenvalue weighted by atomic mass is 32.1. The number of nitrogens with two attached hydrogens (primary N) is 2. The van der Waals surface area contributed by atoms with Crippen molar-refractivity contribution >= 4 is 124 Å². The minimum absolute atomic E-state index is 0.00687. The number of aliphatic hydroxyl groups excluding tert-OH is 1. The molecule has 1 fully saturated rings. The summed E-state index contributed by atoms with van der Waals surface area (Å²) in [6.45, 7) is 5.18. The Kier molecular flexibility index (Phi) is 32.4. The average molecular weight is 1730 g/mol. The number of esters is 2. The lowest BCUT2D eigenvalue weighted by molar-refractivity contribution is -0.167. The monoisotopic (exact) mass is 1730 g/mol. The van der Waals surface area contributed by atoms with Gasteiger partial charge in [0, 0.05) is 123 Å². The number of phenols is 1. The smallest absolute Gasteiger partial charge is 0.326 e. The van der Waals surface area contributed by atoms with Crippen molar-refractivity contribution in [1.82, 2.24) is 77.5 Å². The third kappa shape index (κ3) is 24.0. The third-order valence-corrected chi connectivity index (χ3v) is 22.2. The molecule has 0 unspecified atom stereocenters. The number of primary amides is 1. The lowest BCUT2D eigenvalue weighted by Crippen LogP contribution is -2.61. The Labute approximate surface area is 710 Å². The van der Waals surface area contributed by atoms with Gasteiger partial charge in [-0.2, -0.15) is 25.3 Å². The maximum Gasteiger partial charge on any atom is 0.326 e. The number of urea groups is 1. The van der Waals surface area contributed by atoms with E-state index in [0.717, 1.165) is 12.1 Å². The fourth-order valence-electron chi connectivity index (χ4n) is 14.6. The molecular formula is C83H101F2N17O18S2. The zero-order chi connectivity index (χ0) is 88.1. The molecule has 652 valence electrons. The highest BCUT2D eigenvalue weighted by Gasteiger charge is 2.45. The number of fused-ring (bicyclic) bond motifs is 6. The molecule has 35 nitrogen and oxygen atoms in total. The summed E-state index contributed by atoms with van der Waals surface area (Å²) in [5.41, 5.74) is 12.8. The Morgan fingerprint density at radius 2 is 1.23 bits per heavy atom. The van der Waals surface area contributed by atoms with E-state index >= 15 is 4.79 Å². The van der Waals surface area contributed by atoms with Crippen LogP contribution in [0.1, 0.15) is 106 Å². The molecule has 0 spiro atoms. The number of nitrogens with zero attached hydrogens (tertiary/aromatic N) is 4. The first kappa shape index (κ1) is 92.2. The number of thiol groups is 2. The number of piperazine rings is 1. The summed E-state index contributed by atoms with van der Waals surface area (Å²) in [6.07, 6.45) is -0.595. The topological polar surface area (TPSA) is 510 Å². The van der Waals surface area contributed by atoms with Gasteiger partial charge in [0.15, 0.2) is 11.6 Å². The summed E-state index contributed by atoms with van der Waals surface area (Å²) >= 11 is 8.63. The quantitative estimate of drug-likeness (QED) is 0.0142. The molecule has 17 N–H and O–H groups in total. The summed E-state index contributed by atoms with van der Waals surface area (Å²) in [5, 5.41) is 47.7. The van der Waals surface area contributed by atoms with E-state index in [1.807, 2.05) is 4.90 Å². The Bertz CT molecular complexity index is 5090. The van der Waals surface area contributed by atoms with Crippen molar-refractivity contribution in [2.45, 2.75) is 165 Å². The zero-order valence-electron chi connectivity index (χ0n) is 67.4. The molecule has 3 aromatic heterocycles. The van der Waals surface area contributed by atoms with Crippen LogP contribution in [-0.4, -0.2) is 230 Å². The third-order valence-electron chi connectivity index (χ3n) is 21.5. The van der Waals surface area contributed by atoms with Gasteiger partial charge in [-0.15, -0.1) is 0 Å². The molecular weight excluding hydrogens is 1630 g/mol. The van der Waals surface area contributed by atoms with Crippen LogP contribution in [-0.2, 0) is 105 Å². The number of cyclic esters (lactones) is 1. The molecule has 12 amide bonds. The van der Waals surface area contributed by atoms with Crippen LogP contribution >= 0.6 is 25.3 Å². The number of H-pyrrole nitrogens is 1. The maximum absolute atomic E-state index is 15.1. The standard InChI is InChI=1S/C83H101F2N17O18S2/c1-4-57(74(110)96-65(44-122)80(116)99-71(45(3)103)73(87)109)92-75(111)59(17-11-12-24-86)93-78(114)63(35-49-39-89-58-16-10-9-15-52(49)58)95-76(112)61(32-47-18-20-51(104)21-19-47)94-79(115)64(43-121)97-77(113)62(31-46-13-7-6-8-14-46)98-82(118)101-29-27-100(28-30-101)26-25-88-67(105)22-23-68(106)90-40-70(108)120-83(5-2)38-69(107)119-42-53-54(83)36-66-72-50(41-102(66)81(53)117)33-48-34-55(84)56(85)37-60(48)91-72/h6-10,13-16,18-21,33-34,36-37,39,45,57,59,61-65,71,89,103-104,121-122H,4-5,11-12,17,22-32,35,38,40-44,86H2,1-3H3,(H2,87,109)(H,88,105)(H,90,106)(H,92,111)(H,93,114)(H,94,115)(H,95,112)(H,96,110)(H,97,113)(H,98,118)(H,99,116)/t45-,57+,59+,61+,62-,63-,64+,65+,71+,83-/m1/s1. The number of carbonyl (C=O) groups excluding carboxylic acids is 13. The minimum Gasteiger partial charge on any atom is -0.508 e. The molecule has 10 atom stereocenters. The second-order valence-corrected chi connectivity index (χ2v) is 30.8. The number of hydrogen-bond donors (Lipinski definition) is 17. The van der Waals surface area contributed by atoms with Gasteiger partial charge < -0.3 is 98.8 Å². The van der Waals surface area contributed by atoms with Gasteiger partial charge in [0.2, 0.25) is 59.1 Å². The fraction of sp³-hybridized carbons (Fsp3) is 0.434. The van der Waals surface area contributed by atoms with E-state index in [1.54, 1.807) is 86.8 Å². The van der Waals surface area contributed by atoms with E-state index < -0.39 is 174 Å². The van der Waals surface area contributed by atoms with Crippen molar-refractivity contribution in [2.75, 3.05) is 63.9 Å². The van der Waals surface area contributed by atoms with Crippen molar-refractivity contribution < 1.29 is 90.8 Å². The van der Waals surface area contributed by atoms with Crippen LogP contribution in [0.3, 0.4) is 0 Å². The fourth-order valence-corrected chi connectivity index (χ4v) is 15.1. The molecule has 0 bridgehead atoms. The van der Waals surface area contributed by atoms with E-state index in [1.165, 1.54) is 40.7 Å². The molecule has 7 aromatic rings. The number of pyridine rings is 2. The Hall–Kier alpha value is -12.1. The second-order valence-electron chi connectivity index (χ2n) is 30.1. The SMILES string of the molecule is CC[C@H](NC(=O)[C@H](CCCCN)NC(=O)[C@@H](Cc1c[nH]c2ccccc12)NC(=O)[C@H](Cc1ccc(O)cc1)NC(=O)[C@H](CS)NC(=O)[C@@H](Cc1ccccc1)NC(=O)N1CCN(CCNC(=O)CCC(=O)NCC(=O)O[C@]2(CC)CC(=O)OCc3c2cc2n(c3=O)Cc3cc4cc(F)c(F)cc4nc3-2)CC1)C(=O)N[C@@H](CS)C(=O)N[C@H](C(N)=O)[C@@H](C)O. The summed E-state index contributed by atoms with van der Waals surface area (Å²) in [6, 6.07) is 14.9. The van der Waals surface area contributed by atoms with Gasteiger partial charge in [-0.1, -0.05) is 74.5 Å². The summed E-state index contributed by atoms with van der Waals surface area (Å²) in [7, 11) is 0. The highest BCUT2D eigenvalue weighted by molar-refractivity contribution is 7.80. The van der Waals surface area contributed by atoms with Crippen LogP contribution < -0.4 is 70.2 Å². The number of ether oxygens (including phenoxy) is 2. The number of amides is 12. The number of nitrogens with one attached hydrogen (secondary N) is 11. The predicted molar refractivity (Wildman–Crippen MR) is 448 cm³/mol. The molecule has 122 heavy (non-hydrogen) atoms. The number of unbranched alkanes of at least 4 members (excludes halogenated alkanes) is 1. The summed E-state index contributed by atoms with van der Waals surface area (Å²) in [5.74, 6) is -12.8. The highest BCUT2D eigenvalue weighted by Crippen LogP contribution is 2.42. The number of aliphatic hydroxyl groups is 1. The van der Waals surface area contributed by atoms with Crippen LogP contribution in [0.4, 0.5) is 13.6 Å². The number of aromatic amines is 1. The van der Waals surface area contributed by atoms with Gasteiger partial charge in [-0.05, 0) is 98.7 Å². The average Bonchev–Trinajstić information content (AvgIpc) is 1.57. The summed E-state index contributed by atoms with van der Waals surface area (Å²) in [4.78, 5) is 205.